The number of ether oxygens (including phenoxy) is 2. The van der Waals surface area contributed by atoms with Crippen molar-refractivity contribution in [3.63, 3.8) is 0 Å². The Balaban J connectivity index is 1.43. The molecule has 0 aliphatic heterocycles. The molecule has 0 bridgehead atoms. The molecule has 0 aliphatic rings. The SMILES string of the molecule is COc1ccc(-c2cc(=O)oc3cc(O[C@H](C)C(=O)NCCCn4ccnc4)ccc23)cc1. The third kappa shape index (κ3) is 5.41. The zero-order chi connectivity index (χ0) is 23.2. The van der Waals surface area contributed by atoms with Crippen LogP contribution in [0.5, 0.6) is 11.5 Å². The van der Waals surface area contributed by atoms with E-state index in [9.17, 15) is 9.59 Å². The number of imidazole rings is 1. The molecule has 0 fully saturated rings. The molecule has 2 aromatic heterocycles. The van der Waals surface area contributed by atoms with Crippen LogP contribution in [-0.2, 0) is 11.3 Å². The highest BCUT2D eigenvalue weighted by atomic mass is 16.5. The molecule has 4 aromatic rings. The van der Waals surface area contributed by atoms with E-state index >= 15 is 0 Å². The second-order valence-corrected chi connectivity index (χ2v) is 7.57. The number of nitrogens with zero attached hydrogens (tertiary/aromatic N) is 2. The predicted molar refractivity (Wildman–Crippen MR) is 124 cm³/mol. The summed E-state index contributed by atoms with van der Waals surface area (Å²) < 4.78 is 18.4. The molecule has 0 saturated carbocycles. The molecular weight excluding hydrogens is 422 g/mol. The fourth-order valence-electron chi connectivity index (χ4n) is 3.52. The Kier molecular flexibility index (Phi) is 6.73. The largest absolute Gasteiger partial charge is 0.497 e. The van der Waals surface area contributed by atoms with Crippen LogP contribution in [0.25, 0.3) is 22.1 Å². The number of methoxy groups -OCH3 is 1. The van der Waals surface area contributed by atoms with Gasteiger partial charge in [-0.3, -0.25) is 4.79 Å². The lowest BCUT2D eigenvalue weighted by Crippen LogP contribution is -2.37. The first-order chi connectivity index (χ1) is 16.0. The van der Waals surface area contributed by atoms with E-state index in [1.165, 1.54) is 6.07 Å². The van der Waals surface area contributed by atoms with Gasteiger partial charge in [0.25, 0.3) is 5.91 Å². The number of fused-ring (bicyclic) bond motifs is 1. The Morgan fingerprint density at radius 3 is 2.67 bits per heavy atom. The van der Waals surface area contributed by atoms with Gasteiger partial charge in [-0.05, 0) is 48.7 Å². The number of aromatic nitrogens is 2. The molecule has 0 saturated heterocycles. The van der Waals surface area contributed by atoms with Gasteiger partial charge in [-0.25, -0.2) is 9.78 Å². The Bertz CT molecular complexity index is 1280. The van der Waals surface area contributed by atoms with Gasteiger partial charge in [-0.15, -0.1) is 0 Å². The first-order valence-corrected chi connectivity index (χ1v) is 10.7. The monoisotopic (exact) mass is 447 g/mol. The van der Waals surface area contributed by atoms with Crippen molar-refractivity contribution >= 4 is 16.9 Å². The second kappa shape index (κ2) is 10.0. The van der Waals surface area contributed by atoms with E-state index in [2.05, 4.69) is 10.3 Å². The summed E-state index contributed by atoms with van der Waals surface area (Å²) in [5.41, 5.74) is 1.54. The van der Waals surface area contributed by atoms with Crippen LogP contribution >= 0.6 is 0 Å². The molecule has 1 atom stereocenters. The Labute approximate surface area is 190 Å². The molecule has 8 heteroatoms. The normalized spacial score (nSPS) is 11.8. The topological polar surface area (TPSA) is 95.6 Å². The van der Waals surface area contributed by atoms with Crippen LogP contribution < -0.4 is 20.4 Å². The van der Waals surface area contributed by atoms with Crippen molar-refractivity contribution in [2.45, 2.75) is 26.0 Å². The first kappa shape index (κ1) is 22.1. The van der Waals surface area contributed by atoms with E-state index in [0.717, 1.165) is 35.2 Å². The van der Waals surface area contributed by atoms with Crippen LogP contribution in [0, 0.1) is 0 Å². The molecule has 1 amide bonds. The third-order valence-corrected chi connectivity index (χ3v) is 5.25. The van der Waals surface area contributed by atoms with Gasteiger partial charge >= 0.3 is 5.63 Å². The molecule has 4 rings (SSSR count). The van der Waals surface area contributed by atoms with Crippen LogP contribution in [0.3, 0.4) is 0 Å². The number of nitrogens with one attached hydrogen (secondary N) is 1. The molecule has 0 spiro atoms. The number of rotatable bonds is 9. The minimum absolute atomic E-state index is 0.214. The maximum atomic E-state index is 12.4. The molecule has 0 radical (unpaired) electrons. The van der Waals surface area contributed by atoms with E-state index in [0.29, 0.717) is 17.9 Å². The molecule has 0 unspecified atom stereocenters. The fourth-order valence-corrected chi connectivity index (χ4v) is 3.52. The number of carbonyl (C=O) groups is 1. The quantitative estimate of drug-likeness (QED) is 0.311. The van der Waals surface area contributed by atoms with Gasteiger partial charge in [0.1, 0.15) is 17.1 Å². The molecule has 170 valence electrons. The van der Waals surface area contributed by atoms with Crippen LogP contribution in [-0.4, -0.2) is 35.2 Å². The average molecular weight is 447 g/mol. The van der Waals surface area contributed by atoms with Gasteiger partial charge in [-0.2, -0.15) is 0 Å². The number of benzene rings is 2. The Morgan fingerprint density at radius 2 is 1.94 bits per heavy atom. The number of hydrogen-bond acceptors (Lipinski definition) is 6. The van der Waals surface area contributed by atoms with Gasteiger partial charge in [0.15, 0.2) is 6.10 Å². The smallest absolute Gasteiger partial charge is 0.336 e. The fraction of sp³-hybridized carbons (Fsp3) is 0.240. The van der Waals surface area contributed by atoms with Crippen molar-refractivity contribution in [1.82, 2.24) is 14.9 Å². The zero-order valence-corrected chi connectivity index (χ0v) is 18.5. The van der Waals surface area contributed by atoms with Crippen molar-refractivity contribution in [3.05, 3.63) is 77.7 Å². The Hall–Kier alpha value is -4.07. The summed E-state index contributed by atoms with van der Waals surface area (Å²) in [6.07, 6.45) is 5.42. The van der Waals surface area contributed by atoms with E-state index in [4.69, 9.17) is 13.9 Å². The van der Waals surface area contributed by atoms with Crippen LogP contribution in [0.4, 0.5) is 0 Å². The highest BCUT2D eigenvalue weighted by Crippen LogP contribution is 2.31. The molecule has 8 nitrogen and oxygen atoms in total. The van der Waals surface area contributed by atoms with Crippen molar-refractivity contribution in [2.75, 3.05) is 13.7 Å². The molecular formula is C25H25N3O5. The number of hydrogen-bond donors (Lipinski definition) is 1. The summed E-state index contributed by atoms with van der Waals surface area (Å²) in [5.74, 6) is 0.962. The number of carbonyl (C=O) groups excluding carboxylic acids is 1. The van der Waals surface area contributed by atoms with Gasteiger partial charge in [0.2, 0.25) is 0 Å². The minimum Gasteiger partial charge on any atom is -0.497 e. The molecule has 2 heterocycles. The maximum Gasteiger partial charge on any atom is 0.336 e. The van der Waals surface area contributed by atoms with E-state index in [1.54, 1.807) is 38.7 Å². The minimum atomic E-state index is -0.702. The average Bonchev–Trinajstić information content (AvgIpc) is 3.34. The van der Waals surface area contributed by atoms with Crippen molar-refractivity contribution < 1.29 is 18.7 Å². The van der Waals surface area contributed by atoms with Crippen molar-refractivity contribution in [2.24, 2.45) is 0 Å². The molecule has 2 aromatic carbocycles. The first-order valence-electron chi connectivity index (χ1n) is 10.7. The molecule has 33 heavy (non-hydrogen) atoms. The van der Waals surface area contributed by atoms with E-state index in [1.807, 2.05) is 41.1 Å². The maximum absolute atomic E-state index is 12.4. The van der Waals surface area contributed by atoms with Gasteiger partial charge in [-0.1, -0.05) is 12.1 Å². The summed E-state index contributed by atoms with van der Waals surface area (Å²) in [5, 5.41) is 3.64. The zero-order valence-electron chi connectivity index (χ0n) is 18.5. The summed E-state index contributed by atoms with van der Waals surface area (Å²) in [7, 11) is 1.60. The predicted octanol–water partition coefficient (Wildman–Crippen LogP) is 3.64. The molecule has 0 aliphatic carbocycles. The van der Waals surface area contributed by atoms with Crippen LogP contribution in [0.2, 0.25) is 0 Å². The number of aryl methyl sites for hydroxylation is 1. The highest BCUT2D eigenvalue weighted by molar-refractivity contribution is 5.94. The summed E-state index contributed by atoms with van der Waals surface area (Å²) in [4.78, 5) is 28.5. The highest BCUT2D eigenvalue weighted by Gasteiger charge is 2.15. The lowest BCUT2D eigenvalue weighted by Gasteiger charge is -2.15. The van der Waals surface area contributed by atoms with Crippen molar-refractivity contribution in [3.8, 4) is 22.6 Å². The summed E-state index contributed by atoms with van der Waals surface area (Å²) in [6, 6.07) is 14.1. The summed E-state index contributed by atoms with van der Waals surface area (Å²) in [6.45, 7) is 2.98. The van der Waals surface area contributed by atoms with Crippen molar-refractivity contribution in [1.29, 1.82) is 0 Å². The number of amides is 1. The van der Waals surface area contributed by atoms with Gasteiger partial charge in [0, 0.05) is 43.0 Å². The van der Waals surface area contributed by atoms with Gasteiger partial charge < -0.3 is 23.8 Å². The lowest BCUT2D eigenvalue weighted by molar-refractivity contribution is -0.127. The van der Waals surface area contributed by atoms with Gasteiger partial charge in [0.05, 0.1) is 13.4 Å². The second-order valence-electron chi connectivity index (χ2n) is 7.57. The standard InChI is InChI=1S/C25H25N3O5/c1-17(25(30)27-10-3-12-28-13-11-26-16-28)32-20-8-9-21-22(15-24(29)33-23(21)14-20)18-4-6-19(31-2)7-5-18/h4-9,11,13-17H,3,10,12H2,1-2H3,(H,27,30)/t17-/m1/s1. The van der Waals surface area contributed by atoms with Crippen LogP contribution in [0.15, 0.2) is 76.5 Å². The molecule has 1 N–H and O–H groups in total. The summed E-state index contributed by atoms with van der Waals surface area (Å²) >= 11 is 0. The lowest BCUT2D eigenvalue weighted by atomic mass is 10.0. The van der Waals surface area contributed by atoms with Crippen LogP contribution in [0.1, 0.15) is 13.3 Å². The van der Waals surface area contributed by atoms with E-state index in [-0.39, 0.29) is 5.91 Å². The third-order valence-electron chi connectivity index (χ3n) is 5.25. The van der Waals surface area contributed by atoms with E-state index < -0.39 is 11.7 Å². The Morgan fingerprint density at radius 1 is 1.15 bits per heavy atom.